The van der Waals surface area contributed by atoms with Crippen molar-refractivity contribution < 1.29 is 19.6 Å². The van der Waals surface area contributed by atoms with Gasteiger partial charge in [-0.15, -0.1) is 37.2 Å². The minimum absolute atomic E-state index is 0. The molecule has 0 saturated carbocycles. The van der Waals surface area contributed by atoms with Crippen molar-refractivity contribution in [2.75, 3.05) is 0 Å². The third kappa shape index (κ3) is 26.2. The average Bonchev–Trinajstić information content (AvgIpc) is 1.38. The summed E-state index contributed by atoms with van der Waals surface area (Å²) in [6.07, 6.45) is 0. The van der Waals surface area contributed by atoms with Crippen molar-refractivity contribution in [2.45, 2.75) is 18.0 Å². The Morgan fingerprint density at radius 3 is 1.25 bits per heavy atom. The molecular weight excluding hydrogens is 337 g/mol. The zero-order valence-corrected chi connectivity index (χ0v) is 10.4. The summed E-state index contributed by atoms with van der Waals surface area (Å²) >= 11 is -0.688. The summed E-state index contributed by atoms with van der Waals surface area (Å²) in [7, 11) is 0. The maximum Gasteiger partial charge on any atom is -0.147 e. The first kappa shape index (κ1) is 22.7. The number of halogens is 3. The van der Waals surface area contributed by atoms with Gasteiger partial charge in [0.2, 0.25) is 0 Å². The van der Waals surface area contributed by atoms with Crippen LogP contribution in [0.15, 0.2) is 0 Å². The van der Waals surface area contributed by atoms with Gasteiger partial charge in [-0.1, -0.05) is 0 Å². The van der Waals surface area contributed by atoms with E-state index in [1.165, 1.54) is 0 Å². The van der Waals surface area contributed by atoms with Crippen LogP contribution in [0.1, 0.15) is 13.8 Å². The molecule has 1 nitrogen and oxygen atoms in total. The van der Waals surface area contributed by atoms with Crippen molar-refractivity contribution in [1.82, 2.24) is 0 Å². The van der Waals surface area contributed by atoms with Crippen LogP contribution in [0.3, 0.4) is 0 Å². The molecule has 0 atom stereocenters. The second-order valence-corrected chi connectivity index (χ2v) is 5.86. The average molecular weight is 348 g/mol. The molecule has 0 unspecified atom stereocenters. The van der Waals surface area contributed by atoms with E-state index in [2.05, 4.69) is 13.8 Å². The fourth-order valence-corrected chi connectivity index (χ4v) is 0. The molecule has 0 radical (unpaired) electrons. The van der Waals surface area contributed by atoms with Gasteiger partial charge in [0, 0.05) is 0 Å². The topological polar surface area (TPSA) is 23.9 Å². The van der Waals surface area contributed by atoms with Gasteiger partial charge in [-0.2, -0.15) is 0 Å². The monoisotopic (exact) mass is 347 g/mol. The third-order valence-corrected chi connectivity index (χ3v) is 2.11. The number of hydrogen-bond donors (Lipinski definition) is 1. The molecule has 0 amide bonds. The van der Waals surface area contributed by atoms with E-state index in [4.69, 9.17) is 3.76 Å². The van der Waals surface area contributed by atoms with Gasteiger partial charge in [-0.25, -0.2) is 0 Å². The zero-order chi connectivity index (χ0) is 4.28. The first-order valence-electron chi connectivity index (χ1n) is 1.64. The van der Waals surface area contributed by atoms with Crippen molar-refractivity contribution in [2.24, 2.45) is 0 Å². The van der Waals surface area contributed by atoms with Crippen LogP contribution >= 0.6 is 37.2 Å². The summed E-state index contributed by atoms with van der Waals surface area (Å²) in [5, 5.41) is 0. The summed E-state index contributed by atoms with van der Waals surface area (Å²) in [5.41, 5.74) is 0. The second-order valence-electron chi connectivity index (χ2n) is 1.22. The van der Waals surface area contributed by atoms with Gasteiger partial charge >= 0.3 is 41.3 Å². The normalized spacial score (nSPS) is 5.38. The molecule has 8 heavy (non-hydrogen) atoms. The quantitative estimate of drug-likeness (QED) is 0.753. The fraction of sp³-hybridized carbons (Fsp3) is 1.00. The van der Waals surface area contributed by atoms with E-state index in [-0.39, 0.29) is 37.2 Å². The maximum absolute atomic E-state index is 6.84. The molecule has 0 aliphatic heterocycles. The van der Waals surface area contributed by atoms with Crippen LogP contribution in [0.25, 0.3) is 0 Å². The van der Waals surface area contributed by atoms with E-state index in [0.29, 0.717) is 0 Å². The van der Waals surface area contributed by atoms with Gasteiger partial charge in [0.25, 0.3) is 0 Å². The van der Waals surface area contributed by atoms with E-state index in [0.717, 1.165) is 4.14 Å². The van der Waals surface area contributed by atoms with Crippen LogP contribution in [0.4, 0.5) is 0 Å². The molecule has 0 spiro atoms. The Balaban J connectivity index is -0.0000000267. The summed E-state index contributed by atoms with van der Waals surface area (Å²) < 4.78 is 7.57. The first-order valence-corrected chi connectivity index (χ1v) is 5.10. The number of nitrogens with one attached hydrogen (secondary N) is 1. The first-order chi connectivity index (χ1) is 2.27. The smallest absolute Gasteiger partial charge is 0.147 e. The summed E-state index contributed by atoms with van der Waals surface area (Å²) in [6, 6.07) is 0. The SMILES string of the molecule is C[CH](C)[Ta]=[NH].Cl.Cl.Cl. The molecule has 0 saturated heterocycles. The minimum atomic E-state index is -0.688. The fourth-order valence-electron chi connectivity index (χ4n) is 0. The van der Waals surface area contributed by atoms with Crippen molar-refractivity contribution in [1.29, 1.82) is 3.76 Å². The molecule has 0 aromatic rings. The molecule has 0 rings (SSSR count). The molecule has 0 aromatic heterocycles. The van der Waals surface area contributed by atoms with Crippen molar-refractivity contribution in [3.05, 3.63) is 0 Å². The van der Waals surface area contributed by atoms with Gasteiger partial charge < -0.3 is 0 Å². The summed E-state index contributed by atoms with van der Waals surface area (Å²) in [6.45, 7) is 4.23. The van der Waals surface area contributed by atoms with Crippen molar-refractivity contribution in [3.8, 4) is 0 Å². The third-order valence-electron chi connectivity index (χ3n) is 0.258. The van der Waals surface area contributed by atoms with Crippen LogP contribution in [-0.4, -0.2) is 0 Å². The van der Waals surface area contributed by atoms with Crippen LogP contribution in [0, 0.1) is 3.76 Å². The molecule has 0 aromatic carbocycles. The minimum Gasteiger partial charge on any atom is -0.147 e. The van der Waals surface area contributed by atoms with Gasteiger partial charge in [0.1, 0.15) is 0 Å². The van der Waals surface area contributed by atoms with Crippen LogP contribution in [0.5, 0.6) is 0 Å². The number of rotatable bonds is 1. The second kappa shape index (κ2) is 15.8. The standard InChI is InChI=1S/C3H7.3ClH.HN.Ta/c1-3-2;;;;;/h3H,1-2H3;4*1H;. The zero-order valence-electron chi connectivity index (χ0n) is 4.75. The Labute approximate surface area is 78.2 Å². The van der Waals surface area contributed by atoms with E-state index >= 15 is 0 Å². The Hall–Kier alpha value is 1.41. The predicted octanol–water partition coefficient (Wildman–Crippen LogP) is 2.92. The van der Waals surface area contributed by atoms with E-state index in [9.17, 15) is 0 Å². The van der Waals surface area contributed by atoms with Crippen LogP contribution < -0.4 is 0 Å². The van der Waals surface area contributed by atoms with Crippen LogP contribution in [0.2, 0.25) is 4.14 Å². The Kier molecular flexibility index (Phi) is 44.8. The largest absolute Gasteiger partial charge is 0.147 e. The van der Waals surface area contributed by atoms with E-state index < -0.39 is 19.6 Å². The van der Waals surface area contributed by atoms with Crippen molar-refractivity contribution >= 4 is 37.2 Å². The Morgan fingerprint density at radius 1 is 1.12 bits per heavy atom. The molecule has 54 valence electrons. The van der Waals surface area contributed by atoms with E-state index in [1.54, 1.807) is 0 Å². The molecule has 5 heteroatoms. The summed E-state index contributed by atoms with van der Waals surface area (Å²) in [4.78, 5) is 0. The molecule has 0 fully saturated rings. The Bertz CT molecular complexity index is 41.5. The summed E-state index contributed by atoms with van der Waals surface area (Å²) in [5.74, 6) is 0. The van der Waals surface area contributed by atoms with Gasteiger partial charge in [0.05, 0.1) is 0 Å². The molecular formula is C3H11Cl3NTa. The maximum atomic E-state index is 6.84. The van der Waals surface area contributed by atoms with E-state index in [1.807, 2.05) is 0 Å². The van der Waals surface area contributed by atoms with Gasteiger partial charge in [0.15, 0.2) is 0 Å². The molecule has 0 heterocycles. The molecule has 0 bridgehead atoms. The van der Waals surface area contributed by atoms with Gasteiger partial charge in [-0.3, -0.25) is 0 Å². The van der Waals surface area contributed by atoms with Crippen molar-refractivity contribution in [3.63, 3.8) is 0 Å². The molecule has 1 N–H and O–H groups in total. The van der Waals surface area contributed by atoms with Gasteiger partial charge in [-0.05, 0) is 0 Å². The molecule has 0 aliphatic rings. The number of hydrogen-bond acceptors (Lipinski definition) is 1. The molecule has 0 aliphatic carbocycles. The predicted molar refractivity (Wildman–Crippen MR) is 39.6 cm³/mol. The Morgan fingerprint density at radius 2 is 1.25 bits per heavy atom. The van der Waals surface area contributed by atoms with Crippen LogP contribution in [-0.2, 0) is 19.6 Å².